The van der Waals surface area contributed by atoms with Crippen LogP contribution in [0.1, 0.15) is 18.2 Å². The fourth-order valence-electron chi connectivity index (χ4n) is 2.08. The second-order valence-corrected chi connectivity index (χ2v) is 6.39. The van der Waals surface area contributed by atoms with Crippen LogP contribution in [-0.2, 0) is 15.9 Å². The third-order valence-electron chi connectivity index (χ3n) is 2.99. The minimum Gasteiger partial charge on any atom is -0.376 e. The summed E-state index contributed by atoms with van der Waals surface area (Å²) in [5.74, 6) is 0. The van der Waals surface area contributed by atoms with Gasteiger partial charge in [-0.2, -0.15) is 0 Å². The summed E-state index contributed by atoms with van der Waals surface area (Å²) >= 11 is 5.30. The van der Waals surface area contributed by atoms with Crippen LogP contribution in [0.25, 0.3) is 0 Å². The number of rotatable bonds is 6. The highest BCUT2D eigenvalue weighted by Gasteiger charge is 2.25. The number of thiophene rings is 1. The van der Waals surface area contributed by atoms with Crippen molar-refractivity contribution in [2.45, 2.75) is 31.9 Å². The topological polar surface area (TPSA) is 30.5 Å². The first kappa shape index (κ1) is 14.5. The van der Waals surface area contributed by atoms with Crippen molar-refractivity contribution in [3.8, 4) is 0 Å². The van der Waals surface area contributed by atoms with Gasteiger partial charge in [0.15, 0.2) is 0 Å². The van der Waals surface area contributed by atoms with Crippen molar-refractivity contribution in [1.29, 1.82) is 0 Å². The van der Waals surface area contributed by atoms with Crippen molar-refractivity contribution in [3.63, 3.8) is 0 Å². The smallest absolute Gasteiger partial charge is 0.0965 e. The van der Waals surface area contributed by atoms with E-state index < -0.39 is 0 Å². The zero-order valence-electron chi connectivity index (χ0n) is 10.7. The van der Waals surface area contributed by atoms with E-state index in [1.165, 1.54) is 4.88 Å². The van der Waals surface area contributed by atoms with Gasteiger partial charge in [-0.15, -0.1) is 11.3 Å². The summed E-state index contributed by atoms with van der Waals surface area (Å²) in [7, 11) is 0. The van der Waals surface area contributed by atoms with Crippen LogP contribution in [0, 0.1) is 0 Å². The summed E-state index contributed by atoms with van der Waals surface area (Å²) in [6, 6.07) is 2.53. The van der Waals surface area contributed by atoms with E-state index in [2.05, 4.69) is 39.6 Å². The standard InChI is InChI=1S/C13H20BrNO2S/c1-2-3-15-12(13-8-16-4-5-17-13)7-11-6-10(14)9-18-11/h6,9,12-13,15H,2-5,7-8H2,1H3. The summed E-state index contributed by atoms with van der Waals surface area (Å²) in [5, 5.41) is 5.71. The molecule has 0 aliphatic carbocycles. The molecule has 2 rings (SSSR count). The van der Waals surface area contributed by atoms with E-state index in [1.54, 1.807) is 11.3 Å². The Kier molecular flexibility index (Phi) is 6.11. The van der Waals surface area contributed by atoms with E-state index in [1.807, 2.05) is 0 Å². The fraction of sp³-hybridized carbons (Fsp3) is 0.692. The third-order valence-corrected chi connectivity index (χ3v) is 4.71. The average Bonchev–Trinajstić information content (AvgIpc) is 2.81. The van der Waals surface area contributed by atoms with Gasteiger partial charge in [-0.25, -0.2) is 0 Å². The molecule has 0 bridgehead atoms. The number of ether oxygens (including phenoxy) is 2. The molecule has 1 aliphatic heterocycles. The second kappa shape index (κ2) is 7.60. The van der Waals surface area contributed by atoms with Crippen LogP contribution in [0.2, 0.25) is 0 Å². The van der Waals surface area contributed by atoms with Crippen molar-refractivity contribution < 1.29 is 9.47 Å². The van der Waals surface area contributed by atoms with E-state index >= 15 is 0 Å². The Bertz CT molecular complexity index is 353. The molecule has 2 unspecified atom stereocenters. The lowest BCUT2D eigenvalue weighted by molar-refractivity contribution is -0.101. The van der Waals surface area contributed by atoms with Gasteiger partial charge < -0.3 is 14.8 Å². The van der Waals surface area contributed by atoms with E-state index in [9.17, 15) is 0 Å². The van der Waals surface area contributed by atoms with Gasteiger partial charge in [0.25, 0.3) is 0 Å². The molecule has 0 spiro atoms. The quantitative estimate of drug-likeness (QED) is 0.868. The molecule has 1 aromatic rings. The minimum absolute atomic E-state index is 0.172. The van der Waals surface area contributed by atoms with Gasteiger partial charge in [0.1, 0.15) is 0 Å². The zero-order valence-corrected chi connectivity index (χ0v) is 13.1. The lowest BCUT2D eigenvalue weighted by Gasteiger charge is -2.31. The molecule has 1 fully saturated rings. The molecule has 1 aromatic heterocycles. The lowest BCUT2D eigenvalue weighted by atomic mass is 10.1. The first-order chi connectivity index (χ1) is 8.79. The van der Waals surface area contributed by atoms with E-state index in [4.69, 9.17) is 9.47 Å². The van der Waals surface area contributed by atoms with Crippen LogP contribution in [0.4, 0.5) is 0 Å². The average molecular weight is 334 g/mol. The first-order valence-corrected chi connectivity index (χ1v) is 8.12. The molecule has 0 amide bonds. The van der Waals surface area contributed by atoms with Gasteiger partial charge in [-0.05, 0) is 41.4 Å². The molecule has 0 aromatic carbocycles. The van der Waals surface area contributed by atoms with Crippen LogP contribution in [0.15, 0.2) is 15.9 Å². The highest BCUT2D eigenvalue weighted by atomic mass is 79.9. The van der Waals surface area contributed by atoms with Gasteiger partial charge in [0.2, 0.25) is 0 Å². The van der Waals surface area contributed by atoms with Crippen LogP contribution < -0.4 is 5.32 Å². The highest BCUT2D eigenvalue weighted by molar-refractivity contribution is 9.10. The number of nitrogens with one attached hydrogen (secondary N) is 1. The molecule has 0 saturated carbocycles. The number of halogens is 1. The first-order valence-electron chi connectivity index (χ1n) is 6.45. The molecule has 1 saturated heterocycles. The molecular formula is C13H20BrNO2S. The minimum atomic E-state index is 0.172. The maximum atomic E-state index is 5.82. The molecule has 2 atom stereocenters. The SMILES string of the molecule is CCCNC(Cc1cc(Br)cs1)C1COCCO1. The number of hydrogen-bond acceptors (Lipinski definition) is 4. The number of hydrogen-bond donors (Lipinski definition) is 1. The van der Waals surface area contributed by atoms with Crippen molar-refractivity contribution in [1.82, 2.24) is 5.32 Å². The molecule has 18 heavy (non-hydrogen) atoms. The predicted octanol–water partition coefficient (Wildman–Crippen LogP) is 2.84. The maximum Gasteiger partial charge on any atom is 0.0965 e. The fourth-order valence-corrected chi connectivity index (χ4v) is 3.59. The summed E-state index contributed by atoms with van der Waals surface area (Å²) in [6.07, 6.45) is 2.31. The van der Waals surface area contributed by atoms with Gasteiger partial charge in [0.05, 0.1) is 25.9 Å². The van der Waals surface area contributed by atoms with Crippen molar-refractivity contribution >= 4 is 27.3 Å². The highest BCUT2D eigenvalue weighted by Crippen LogP contribution is 2.22. The van der Waals surface area contributed by atoms with Gasteiger partial charge in [-0.3, -0.25) is 0 Å². The zero-order chi connectivity index (χ0) is 12.8. The second-order valence-electron chi connectivity index (χ2n) is 4.48. The maximum absolute atomic E-state index is 5.82. The normalized spacial score (nSPS) is 22.0. The molecular weight excluding hydrogens is 314 g/mol. The Morgan fingerprint density at radius 2 is 2.44 bits per heavy atom. The molecule has 1 aliphatic rings. The summed E-state index contributed by atoms with van der Waals surface area (Å²) in [5.41, 5.74) is 0. The monoisotopic (exact) mass is 333 g/mol. The van der Waals surface area contributed by atoms with Crippen molar-refractivity contribution in [2.75, 3.05) is 26.4 Å². The molecule has 102 valence electrons. The largest absolute Gasteiger partial charge is 0.376 e. The predicted molar refractivity (Wildman–Crippen MR) is 78.4 cm³/mol. The van der Waals surface area contributed by atoms with Gasteiger partial charge in [0, 0.05) is 20.8 Å². The summed E-state index contributed by atoms with van der Waals surface area (Å²) in [6.45, 7) is 5.35. The van der Waals surface area contributed by atoms with Crippen LogP contribution >= 0.6 is 27.3 Å². The van der Waals surface area contributed by atoms with E-state index in [0.717, 1.165) is 30.5 Å². The Morgan fingerprint density at radius 3 is 3.06 bits per heavy atom. The third kappa shape index (κ3) is 4.31. The lowest BCUT2D eigenvalue weighted by Crippen LogP contribution is -2.48. The Labute approximate surface area is 121 Å². The Balaban J connectivity index is 1.94. The molecule has 2 heterocycles. The van der Waals surface area contributed by atoms with Crippen LogP contribution in [0.5, 0.6) is 0 Å². The van der Waals surface area contributed by atoms with Gasteiger partial charge in [-0.1, -0.05) is 6.92 Å². The Hall–Kier alpha value is 0.0600. The van der Waals surface area contributed by atoms with Crippen LogP contribution in [-0.4, -0.2) is 38.5 Å². The van der Waals surface area contributed by atoms with Crippen molar-refractivity contribution in [3.05, 3.63) is 20.8 Å². The molecule has 3 nitrogen and oxygen atoms in total. The van der Waals surface area contributed by atoms with Crippen LogP contribution in [0.3, 0.4) is 0 Å². The van der Waals surface area contributed by atoms with E-state index in [0.29, 0.717) is 19.3 Å². The summed E-state index contributed by atoms with van der Waals surface area (Å²) < 4.78 is 12.5. The molecule has 5 heteroatoms. The Morgan fingerprint density at radius 1 is 1.56 bits per heavy atom. The summed E-state index contributed by atoms with van der Waals surface area (Å²) in [4.78, 5) is 1.38. The van der Waals surface area contributed by atoms with E-state index in [-0.39, 0.29) is 6.10 Å². The molecule has 1 N–H and O–H groups in total. The van der Waals surface area contributed by atoms with Crippen molar-refractivity contribution in [2.24, 2.45) is 0 Å². The van der Waals surface area contributed by atoms with Gasteiger partial charge >= 0.3 is 0 Å². The molecule has 0 radical (unpaired) electrons.